The Kier molecular flexibility index (Phi) is 2.95. The summed E-state index contributed by atoms with van der Waals surface area (Å²) < 4.78 is 0. The Balaban J connectivity index is 1.60. The molecule has 2 bridgehead atoms. The summed E-state index contributed by atoms with van der Waals surface area (Å²) in [5.41, 5.74) is 0. The fourth-order valence-corrected chi connectivity index (χ4v) is 4.33. The van der Waals surface area contributed by atoms with Crippen molar-refractivity contribution in [1.82, 2.24) is 5.32 Å². The van der Waals surface area contributed by atoms with Gasteiger partial charge in [0.25, 0.3) is 5.91 Å². The van der Waals surface area contributed by atoms with Crippen LogP contribution in [0.5, 0.6) is 0 Å². The van der Waals surface area contributed by atoms with E-state index in [1.165, 1.54) is 37.0 Å². The molecule has 1 heterocycles. The summed E-state index contributed by atoms with van der Waals surface area (Å²) in [7, 11) is 0. The molecule has 0 saturated heterocycles. The van der Waals surface area contributed by atoms with E-state index in [1.54, 1.807) is 0 Å². The van der Waals surface area contributed by atoms with Crippen molar-refractivity contribution in [3.05, 3.63) is 22.4 Å². The average molecular weight is 249 g/mol. The SMILES string of the molecule is C[C@H](NC(=O)c1cccs1)[C@@H]1C[C@H]2CC[C@H]1C2. The molecule has 1 aromatic heterocycles. The molecule has 2 fully saturated rings. The van der Waals surface area contributed by atoms with Crippen LogP contribution in [0.1, 0.15) is 42.3 Å². The van der Waals surface area contributed by atoms with Crippen molar-refractivity contribution in [2.75, 3.05) is 0 Å². The van der Waals surface area contributed by atoms with E-state index < -0.39 is 0 Å². The maximum Gasteiger partial charge on any atom is 0.261 e. The zero-order valence-electron chi connectivity index (χ0n) is 10.2. The van der Waals surface area contributed by atoms with Gasteiger partial charge in [-0.05, 0) is 55.4 Å². The molecule has 2 saturated carbocycles. The van der Waals surface area contributed by atoms with Gasteiger partial charge in [0.2, 0.25) is 0 Å². The van der Waals surface area contributed by atoms with Crippen LogP contribution in [0.3, 0.4) is 0 Å². The molecule has 0 radical (unpaired) electrons. The molecular formula is C14H19NOS. The van der Waals surface area contributed by atoms with E-state index in [1.807, 2.05) is 17.5 Å². The van der Waals surface area contributed by atoms with Gasteiger partial charge < -0.3 is 5.32 Å². The molecule has 4 atom stereocenters. The van der Waals surface area contributed by atoms with Crippen molar-refractivity contribution in [2.24, 2.45) is 17.8 Å². The predicted molar refractivity (Wildman–Crippen MR) is 70.2 cm³/mol. The summed E-state index contributed by atoms with van der Waals surface area (Å²) in [4.78, 5) is 12.8. The smallest absolute Gasteiger partial charge is 0.261 e. The monoisotopic (exact) mass is 249 g/mol. The predicted octanol–water partition coefficient (Wildman–Crippen LogP) is 3.30. The summed E-state index contributed by atoms with van der Waals surface area (Å²) in [6.07, 6.45) is 5.54. The number of amides is 1. The van der Waals surface area contributed by atoms with Crippen molar-refractivity contribution in [1.29, 1.82) is 0 Å². The minimum absolute atomic E-state index is 0.107. The summed E-state index contributed by atoms with van der Waals surface area (Å²) in [6, 6.07) is 4.16. The lowest BCUT2D eigenvalue weighted by Crippen LogP contribution is -2.39. The number of hydrogen-bond acceptors (Lipinski definition) is 2. The molecule has 0 unspecified atom stereocenters. The number of nitrogens with one attached hydrogen (secondary N) is 1. The standard InChI is InChI=1S/C14H19NOS/c1-9(12-8-10-4-5-11(12)7-10)15-14(16)13-3-2-6-17-13/h2-3,6,9-12H,4-5,7-8H2,1H3,(H,15,16)/t9-,10-,11-,12-/m0/s1. The van der Waals surface area contributed by atoms with Crippen LogP contribution in [0.2, 0.25) is 0 Å². The molecule has 1 aromatic rings. The molecule has 3 rings (SSSR count). The molecule has 92 valence electrons. The maximum atomic E-state index is 12.0. The fourth-order valence-electron chi connectivity index (χ4n) is 3.70. The van der Waals surface area contributed by atoms with Gasteiger partial charge >= 0.3 is 0 Å². The third-order valence-electron chi connectivity index (χ3n) is 4.54. The van der Waals surface area contributed by atoms with Crippen LogP contribution < -0.4 is 5.32 Å². The van der Waals surface area contributed by atoms with Gasteiger partial charge in [0, 0.05) is 6.04 Å². The van der Waals surface area contributed by atoms with E-state index in [0.29, 0.717) is 6.04 Å². The van der Waals surface area contributed by atoms with Crippen molar-refractivity contribution in [3.63, 3.8) is 0 Å². The van der Waals surface area contributed by atoms with Gasteiger partial charge in [-0.1, -0.05) is 12.5 Å². The Morgan fingerprint density at radius 2 is 2.35 bits per heavy atom. The van der Waals surface area contributed by atoms with E-state index in [2.05, 4.69) is 12.2 Å². The molecule has 1 amide bonds. The number of fused-ring (bicyclic) bond motifs is 2. The van der Waals surface area contributed by atoms with E-state index in [0.717, 1.165) is 22.6 Å². The quantitative estimate of drug-likeness (QED) is 0.875. The van der Waals surface area contributed by atoms with E-state index >= 15 is 0 Å². The maximum absolute atomic E-state index is 12.0. The summed E-state index contributed by atoms with van der Waals surface area (Å²) in [5, 5.41) is 5.14. The van der Waals surface area contributed by atoms with Gasteiger partial charge in [-0.15, -0.1) is 11.3 Å². The molecular weight excluding hydrogens is 230 g/mol. The van der Waals surface area contributed by atoms with Gasteiger partial charge in [-0.3, -0.25) is 4.79 Å². The molecule has 3 heteroatoms. The van der Waals surface area contributed by atoms with Gasteiger partial charge in [0.15, 0.2) is 0 Å². The zero-order chi connectivity index (χ0) is 11.8. The number of rotatable bonds is 3. The lowest BCUT2D eigenvalue weighted by Gasteiger charge is -2.28. The summed E-state index contributed by atoms with van der Waals surface area (Å²) in [6.45, 7) is 2.18. The van der Waals surface area contributed by atoms with Gasteiger partial charge in [0.1, 0.15) is 0 Å². The Labute approximate surface area is 106 Å². The van der Waals surface area contributed by atoms with E-state index in [9.17, 15) is 4.79 Å². The highest BCUT2D eigenvalue weighted by molar-refractivity contribution is 7.12. The van der Waals surface area contributed by atoms with Gasteiger partial charge in [0.05, 0.1) is 4.88 Å². The minimum atomic E-state index is 0.107. The highest BCUT2D eigenvalue weighted by Gasteiger charge is 2.42. The highest BCUT2D eigenvalue weighted by atomic mass is 32.1. The van der Waals surface area contributed by atoms with E-state index in [4.69, 9.17) is 0 Å². The van der Waals surface area contributed by atoms with Crippen LogP contribution in [0.25, 0.3) is 0 Å². The zero-order valence-corrected chi connectivity index (χ0v) is 11.0. The van der Waals surface area contributed by atoms with Crippen molar-refractivity contribution >= 4 is 17.2 Å². The molecule has 17 heavy (non-hydrogen) atoms. The van der Waals surface area contributed by atoms with Crippen molar-refractivity contribution in [3.8, 4) is 0 Å². The second-order valence-corrected chi connectivity index (χ2v) is 6.53. The second kappa shape index (κ2) is 4.45. The molecule has 0 aliphatic heterocycles. The van der Waals surface area contributed by atoms with Crippen LogP contribution in [-0.4, -0.2) is 11.9 Å². The van der Waals surface area contributed by atoms with Crippen LogP contribution in [0.15, 0.2) is 17.5 Å². The highest BCUT2D eigenvalue weighted by Crippen LogP contribution is 2.49. The number of thiophene rings is 1. The van der Waals surface area contributed by atoms with Crippen LogP contribution in [-0.2, 0) is 0 Å². The molecule has 0 spiro atoms. The molecule has 2 nitrogen and oxygen atoms in total. The topological polar surface area (TPSA) is 29.1 Å². The Morgan fingerprint density at radius 1 is 1.47 bits per heavy atom. The largest absolute Gasteiger partial charge is 0.349 e. The van der Waals surface area contributed by atoms with Crippen LogP contribution >= 0.6 is 11.3 Å². The first-order valence-electron chi connectivity index (χ1n) is 6.58. The molecule has 1 N–H and O–H groups in total. The van der Waals surface area contributed by atoms with Gasteiger partial charge in [-0.25, -0.2) is 0 Å². The normalized spacial score (nSPS) is 32.6. The first-order valence-corrected chi connectivity index (χ1v) is 7.46. The lowest BCUT2D eigenvalue weighted by molar-refractivity contribution is 0.0919. The molecule has 2 aliphatic carbocycles. The Bertz CT molecular complexity index is 400. The number of carbonyl (C=O) groups excluding carboxylic acids is 1. The molecule has 2 aliphatic rings. The first-order chi connectivity index (χ1) is 8.24. The number of hydrogen-bond donors (Lipinski definition) is 1. The summed E-state index contributed by atoms with van der Waals surface area (Å²) in [5.74, 6) is 2.65. The summed E-state index contributed by atoms with van der Waals surface area (Å²) >= 11 is 1.52. The molecule has 0 aromatic carbocycles. The average Bonchev–Trinajstić information content (AvgIpc) is 3.05. The van der Waals surface area contributed by atoms with Crippen LogP contribution in [0.4, 0.5) is 0 Å². The fraction of sp³-hybridized carbons (Fsp3) is 0.643. The third-order valence-corrected chi connectivity index (χ3v) is 5.41. The minimum Gasteiger partial charge on any atom is -0.349 e. The third kappa shape index (κ3) is 2.13. The Hall–Kier alpha value is -0.830. The first kappa shape index (κ1) is 11.3. The van der Waals surface area contributed by atoms with Crippen molar-refractivity contribution in [2.45, 2.75) is 38.6 Å². The van der Waals surface area contributed by atoms with Crippen LogP contribution in [0, 0.1) is 17.8 Å². The number of carbonyl (C=O) groups is 1. The lowest BCUT2D eigenvalue weighted by atomic mass is 9.84. The van der Waals surface area contributed by atoms with E-state index in [-0.39, 0.29) is 5.91 Å². The van der Waals surface area contributed by atoms with Crippen molar-refractivity contribution < 1.29 is 4.79 Å². The second-order valence-electron chi connectivity index (χ2n) is 5.58. The van der Waals surface area contributed by atoms with Gasteiger partial charge in [-0.2, -0.15) is 0 Å². The Morgan fingerprint density at radius 3 is 2.94 bits per heavy atom.